The molecule has 2 aliphatic heterocycles. The number of rotatable bonds is 4. The van der Waals surface area contributed by atoms with Crippen molar-refractivity contribution in [2.75, 3.05) is 26.2 Å². The molecule has 3 rings (SSSR count). The van der Waals surface area contributed by atoms with Gasteiger partial charge in [0.1, 0.15) is 0 Å². The molecule has 0 atom stereocenters. The predicted molar refractivity (Wildman–Crippen MR) is 101 cm³/mol. The Balaban J connectivity index is 0.00000144. The molecule has 0 spiro atoms. The summed E-state index contributed by atoms with van der Waals surface area (Å²) in [7, 11) is 2.01. The van der Waals surface area contributed by atoms with E-state index in [1.165, 1.54) is 18.5 Å². The molecule has 0 bridgehead atoms. The molecule has 5 nitrogen and oxygen atoms in total. The maximum absolute atomic E-state index is 12.4. The van der Waals surface area contributed by atoms with E-state index in [0.717, 1.165) is 57.8 Å². The van der Waals surface area contributed by atoms with Gasteiger partial charge in [0.25, 0.3) is 0 Å². The highest BCUT2D eigenvalue weighted by molar-refractivity contribution is 5.85. The molecule has 0 radical (unpaired) electrons. The summed E-state index contributed by atoms with van der Waals surface area (Å²) in [6.07, 6.45) is 8.28. The van der Waals surface area contributed by atoms with Crippen LogP contribution in [0.15, 0.2) is 12.3 Å². The number of halogens is 2. The van der Waals surface area contributed by atoms with E-state index in [2.05, 4.69) is 21.4 Å². The SMILES string of the molecule is Cl.Cl.Cn1nccc1C1CCN(C(=O)CCC2CCNCC2)CC1. The third kappa shape index (κ3) is 5.36. The minimum Gasteiger partial charge on any atom is -0.343 e. The molecule has 2 saturated heterocycles. The lowest BCUT2D eigenvalue weighted by molar-refractivity contribution is -0.132. The number of aromatic nitrogens is 2. The summed E-state index contributed by atoms with van der Waals surface area (Å²) >= 11 is 0. The third-order valence-electron chi connectivity index (χ3n) is 5.35. The fourth-order valence-electron chi connectivity index (χ4n) is 3.87. The van der Waals surface area contributed by atoms with E-state index in [1.54, 1.807) is 0 Å². The van der Waals surface area contributed by atoms with Gasteiger partial charge in [-0.05, 0) is 57.2 Å². The van der Waals surface area contributed by atoms with Gasteiger partial charge in [0, 0.05) is 44.4 Å². The summed E-state index contributed by atoms with van der Waals surface area (Å²) in [5, 5.41) is 7.64. The summed E-state index contributed by atoms with van der Waals surface area (Å²) in [5.41, 5.74) is 1.31. The highest BCUT2D eigenvalue weighted by Crippen LogP contribution is 2.28. The van der Waals surface area contributed by atoms with Gasteiger partial charge >= 0.3 is 0 Å². The minimum atomic E-state index is 0. The highest BCUT2D eigenvalue weighted by Gasteiger charge is 2.25. The quantitative estimate of drug-likeness (QED) is 0.878. The maximum atomic E-state index is 12.4. The van der Waals surface area contributed by atoms with Crippen LogP contribution in [0.5, 0.6) is 0 Å². The molecule has 1 amide bonds. The van der Waals surface area contributed by atoms with Crippen molar-refractivity contribution in [3.63, 3.8) is 0 Å². The Hall–Kier alpha value is -0.780. The van der Waals surface area contributed by atoms with Crippen molar-refractivity contribution < 1.29 is 4.79 Å². The van der Waals surface area contributed by atoms with E-state index in [0.29, 0.717) is 11.8 Å². The molecule has 1 aromatic rings. The van der Waals surface area contributed by atoms with Crippen LogP contribution in [0, 0.1) is 5.92 Å². The van der Waals surface area contributed by atoms with Crippen molar-refractivity contribution in [3.8, 4) is 0 Å². The van der Waals surface area contributed by atoms with Gasteiger partial charge in [0.15, 0.2) is 0 Å². The van der Waals surface area contributed by atoms with Gasteiger partial charge < -0.3 is 10.2 Å². The van der Waals surface area contributed by atoms with Crippen molar-refractivity contribution in [1.29, 1.82) is 0 Å². The van der Waals surface area contributed by atoms with E-state index in [1.807, 2.05) is 17.9 Å². The van der Waals surface area contributed by atoms with Crippen molar-refractivity contribution in [2.24, 2.45) is 13.0 Å². The average molecular weight is 377 g/mol. The standard InChI is InChI=1S/C17H28N4O.2ClH/c1-20-16(6-11-19-20)15-7-12-21(13-8-15)17(22)3-2-14-4-9-18-10-5-14;;/h6,11,14-15,18H,2-5,7-10,12-13H2,1H3;2*1H. The van der Waals surface area contributed by atoms with Crippen LogP contribution in [0.4, 0.5) is 0 Å². The smallest absolute Gasteiger partial charge is 0.222 e. The number of carbonyl (C=O) groups is 1. The average Bonchev–Trinajstić information content (AvgIpc) is 3.00. The summed E-state index contributed by atoms with van der Waals surface area (Å²) < 4.78 is 1.97. The van der Waals surface area contributed by atoms with Crippen molar-refractivity contribution in [2.45, 2.75) is 44.4 Å². The van der Waals surface area contributed by atoms with Gasteiger partial charge in [-0.1, -0.05) is 0 Å². The molecular weight excluding hydrogens is 347 g/mol. The molecule has 24 heavy (non-hydrogen) atoms. The first-order valence-electron chi connectivity index (χ1n) is 8.70. The van der Waals surface area contributed by atoms with E-state index >= 15 is 0 Å². The summed E-state index contributed by atoms with van der Waals surface area (Å²) in [4.78, 5) is 14.5. The van der Waals surface area contributed by atoms with E-state index in [-0.39, 0.29) is 24.8 Å². The number of nitrogens with zero attached hydrogens (tertiary/aromatic N) is 3. The Morgan fingerprint density at radius 2 is 1.88 bits per heavy atom. The molecule has 0 aromatic carbocycles. The molecular formula is C17H30Cl2N4O. The Kier molecular flexibility index (Phi) is 9.09. The number of piperidine rings is 2. The zero-order valence-electron chi connectivity index (χ0n) is 14.4. The van der Waals surface area contributed by atoms with Gasteiger partial charge in [-0.25, -0.2) is 0 Å². The number of hydrogen-bond donors (Lipinski definition) is 1. The molecule has 0 unspecified atom stereocenters. The van der Waals surface area contributed by atoms with Crippen LogP contribution >= 0.6 is 24.8 Å². The lowest BCUT2D eigenvalue weighted by Gasteiger charge is -2.32. The number of aryl methyl sites for hydroxylation is 1. The van der Waals surface area contributed by atoms with Crippen LogP contribution in [0.2, 0.25) is 0 Å². The second kappa shape index (κ2) is 10.3. The number of nitrogens with one attached hydrogen (secondary N) is 1. The summed E-state index contributed by atoms with van der Waals surface area (Å²) in [5.74, 6) is 1.67. The first-order valence-corrected chi connectivity index (χ1v) is 8.70. The molecule has 138 valence electrons. The van der Waals surface area contributed by atoms with Crippen molar-refractivity contribution in [3.05, 3.63) is 18.0 Å². The molecule has 7 heteroatoms. The Labute approximate surface area is 157 Å². The number of carbonyl (C=O) groups excluding carboxylic acids is 1. The van der Waals surface area contributed by atoms with Crippen LogP contribution in [0.1, 0.15) is 50.1 Å². The van der Waals surface area contributed by atoms with Gasteiger partial charge in [0.2, 0.25) is 5.91 Å². The van der Waals surface area contributed by atoms with Crippen LogP contribution < -0.4 is 5.32 Å². The van der Waals surface area contributed by atoms with Gasteiger partial charge in [0.05, 0.1) is 0 Å². The largest absolute Gasteiger partial charge is 0.343 e. The maximum Gasteiger partial charge on any atom is 0.222 e. The lowest BCUT2D eigenvalue weighted by atomic mass is 9.91. The third-order valence-corrected chi connectivity index (χ3v) is 5.35. The first-order chi connectivity index (χ1) is 10.7. The van der Waals surface area contributed by atoms with Crippen molar-refractivity contribution in [1.82, 2.24) is 20.0 Å². The molecule has 0 saturated carbocycles. The summed E-state index contributed by atoms with van der Waals surface area (Å²) in [6, 6.07) is 2.11. The highest BCUT2D eigenvalue weighted by atomic mass is 35.5. The Bertz CT molecular complexity index is 495. The fourth-order valence-corrected chi connectivity index (χ4v) is 3.87. The molecule has 1 aromatic heterocycles. The van der Waals surface area contributed by atoms with Gasteiger partial charge in [-0.15, -0.1) is 24.8 Å². The number of hydrogen-bond acceptors (Lipinski definition) is 3. The van der Waals surface area contributed by atoms with Crippen LogP contribution in [0.25, 0.3) is 0 Å². The second-order valence-electron chi connectivity index (χ2n) is 6.77. The van der Waals surface area contributed by atoms with E-state index in [4.69, 9.17) is 0 Å². The Morgan fingerprint density at radius 1 is 1.21 bits per heavy atom. The normalized spacial score (nSPS) is 19.5. The van der Waals surface area contributed by atoms with Crippen LogP contribution in [-0.2, 0) is 11.8 Å². The molecule has 2 fully saturated rings. The number of likely N-dealkylation sites (tertiary alicyclic amines) is 1. The van der Waals surface area contributed by atoms with E-state index < -0.39 is 0 Å². The fraction of sp³-hybridized carbons (Fsp3) is 0.765. The molecule has 1 N–H and O–H groups in total. The zero-order chi connectivity index (χ0) is 15.4. The predicted octanol–water partition coefficient (Wildman–Crippen LogP) is 2.75. The number of amides is 1. The van der Waals surface area contributed by atoms with Crippen molar-refractivity contribution >= 4 is 30.7 Å². The van der Waals surface area contributed by atoms with E-state index in [9.17, 15) is 4.79 Å². The lowest BCUT2D eigenvalue weighted by Crippen LogP contribution is -2.38. The monoisotopic (exact) mass is 376 g/mol. The summed E-state index contributed by atoms with van der Waals surface area (Å²) in [6.45, 7) is 4.05. The minimum absolute atomic E-state index is 0. The van der Waals surface area contributed by atoms with Crippen LogP contribution in [-0.4, -0.2) is 46.8 Å². The molecule has 0 aliphatic carbocycles. The molecule has 2 aliphatic rings. The van der Waals surface area contributed by atoms with Gasteiger partial charge in [-0.3, -0.25) is 9.48 Å². The zero-order valence-corrected chi connectivity index (χ0v) is 16.1. The Morgan fingerprint density at radius 3 is 2.46 bits per heavy atom. The topological polar surface area (TPSA) is 50.2 Å². The van der Waals surface area contributed by atoms with Crippen LogP contribution in [0.3, 0.4) is 0 Å². The van der Waals surface area contributed by atoms with Gasteiger partial charge in [-0.2, -0.15) is 5.10 Å². The second-order valence-corrected chi connectivity index (χ2v) is 6.77. The molecule has 3 heterocycles. The first kappa shape index (κ1) is 21.3.